The van der Waals surface area contributed by atoms with E-state index < -0.39 is 0 Å². The second-order valence-corrected chi connectivity index (χ2v) is 9.21. The average Bonchev–Trinajstić information content (AvgIpc) is 2.56. The molecule has 2 aromatic rings. The molecule has 5 heteroatoms. The molecule has 0 atom stereocenters. The number of nitrogens with one attached hydrogen (secondary N) is 1. The molecule has 4 nitrogen and oxygen atoms in total. The van der Waals surface area contributed by atoms with Crippen LogP contribution in [-0.2, 0) is 16.8 Å². The molecule has 0 saturated heterocycles. The maximum absolute atomic E-state index is 12.5. The molecule has 0 fully saturated rings. The molecule has 0 radical (unpaired) electrons. The van der Waals surface area contributed by atoms with E-state index in [1.807, 2.05) is 61.5 Å². The van der Waals surface area contributed by atoms with E-state index in [1.54, 1.807) is 0 Å². The lowest BCUT2D eigenvalue weighted by molar-refractivity contribution is -0.112. The molecule has 1 aliphatic heterocycles. The molecule has 0 aromatic heterocycles. The average molecular weight is 383 g/mol. The number of phenols is 1. The quantitative estimate of drug-likeness (QED) is 0.746. The van der Waals surface area contributed by atoms with Crippen molar-refractivity contribution in [1.82, 2.24) is 4.90 Å². The van der Waals surface area contributed by atoms with Crippen LogP contribution in [0.4, 0.5) is 5.69 Å². The van der Waals surface area contributed by atoms with Crippen molar-refractivity contribution in [2.45, 2.75) is 37.6 Å². The third-order valence-corrected chi connectivity index (χ3v) is 5.48. The van der Waals surface area contributed by atoms with E-state index in [4.69, 9.17) is 0 Å². The number of para-hydroxylation sites is 1. The monoisotopic (exact) mass is 382 g/mol. The molecule has 0 unspecified atom stereocenters. The van der Waals surface area contributed by atoms with Gasteiger partial charge >= 0.3 is 0 Å². The largest absolute Gasteiger partial charge is 0.507 e. The highest BCUT2D eigenvalue weighted by Crippen LogP contribution is 2.40. The lowest BCUT2D eigenvalue weighted by Crippen LogP contribution is -2.17. The Kier molecular flexibility index (Phi) is 5.36. The Morgan fingerprint density at radius 1 is 1.19 bits per heavy atom. The SMILES string of the molecule is CN(C)Cc1cc(C=C2Sc3ccccc3NC2=O)cc(C(C)(C)C)c1O. The second kappa shape index (κ2) is 7.41. The Morgan fingerprint density at radius 2 is 1.89 bits per heavy atom. The summed E-state index contributed by atoms with van der Waals surface area (Å²) in [6.45, 7) is 6.87. The molecule has 27 heavy (non-hydrogen) atoms. The number of fused-ring (bicyclic) bond motifs is 1. The first kappa shape index (κ1) is 19.5. The topological polar surface area (TPSA) is 52.6 Å². The van der Waals surface area contributed by atoms with Gasteiger partial charge < -0.3 is 15.3 Å². The van der Waals surface area contributed by atoms with Crippen LogP contribution in [0, 0.1) is 0 Å². The molecule has 0 bridgehead atoms. The van der Waals surface area contributed by atoms with Gasteiger partial charge in [-0.15, -0.1) is 0 Å². The number of thioether (sulfide) groups is 1. The summed E-state index contributed by atoms with van der Waals surface area (Å²) < 4.78 is 0. The molecule has 2 N–H and O–H groups in total. The van der Waals surface area contributed by atoms with E-state index in [-0.39, 0.29) is 11.3 Å². The van der Waals surface area contributed by atoms with Crippen molar-refractivity contribution in [2.75, 3.05) is 19.4 Å². The predicted molar refractivity (Wildman–Crippen MR) is 113 cm³/mol. The van der Waals surface area contributed by atoms with Gasteiger partial charge in [-0.2, -0.15) is 0 Å². The summed E-state index contributed by atoms with van der Waals surface area (Å²) in [6, 6.07) is 11.7. The highest BCUT2D eigenvalue weighted by Gasteiger charge is 2.23. The van der Waals surface area contributed by atoms with E-state index in [1.165, 1.54) is 11.8 Å². The van der Waals surface area contributed by atoms with Crippen LogP contribution in [0.5, 0.6) is 5.75 Å². The summed E-state index contributed by atoms with van der Waals surface area (Å²) in [5.41, 5.74) is 3.32. The number of amides is 1. The van der Waals surface area contributed by atoms with E-state index in [0.717, 1.165) is 27.3 Å². The van der Waals surface area contributed by atoms with Crippen molar-refractivity contribution in [2.24, 2.45) is 0 Å². The maximum atomic E-state index is 12.5. The summed E-state index contributed by atoms with van der Waals surface area (Å²) in [7, 11) is 3.95. The first-order chi connectivity index (χ1) is 12.6. The van der Waals surface area contributed by atoms with Crippen molar-refractivity contribution in [3.05, 3.63) is 58.0 Å². The van der Waals surface area contributed by atoms with Crippen LogP contribution in [0.25, 0.3) is 6.08 Å². The molecule has 1 aliphatic rings. The highest BCUT2D eigenvalue weighted by molar-refractivity contribution is 8.04. The van der Waals surface area contributed by atoms with Gasteiger partial charge in [-0.1, -0.05) is 44.7 Å². The first-order valence-corrected chi connectivity index (χ1v) is 9.78. The fourth-order valence-corrected chi connectivity index (χ4v) is 4.04. The van der Waals surface area contributed by atoms with Crippen molar-refractivity contribution in [3.63, 3.8) is 0 Å². The summed E-state index contributed by atoms with van der Waals surface area (Å²) >= 11 is 1.47. The van der Waals surface area contributed by atoms with E-state index in [2.05, 4.69) is 26.1 Å². The number of carbonyl (C=O) groups excluding carboxylic acids is 1. The number of carbonyl (C=O) groups is 1. The number of hydrogen-bond donors (Lipinski definition) is 2. The third-order valence-electron chi connectivity index (χ3n) is 4.38. The van der Waals surface area contributed by atoms with Crippen molar-refractivity contribution in [3.8, 4) is 5.75 Å². The molecule has 0 spiro atoms. The third kappa shape index (κ3) is 4.37. The minimum atomic E-state index is -0.200. The summed E-state index contributed by atoms with van der Waals surface area (Å²) in [5.74, 6) is 0.239. The molecule has 1 amide bonds. The van der Waals surface area contributed by atoms with E-state index >= 15 is 0 Å². The van der Waals surface area contributed by atoms with Gasteiger partial charge in [-0.3, -0.25) is 4.79 Å². The Labute approximate surface area is 165 Å². The number of benzene rings is 2. The first-order valence-electron chi connectivity index (χ1n) is 8.96. The van der Waals surface area contributed by atoms with E-state index in [9.17, 15) is 9.90 Å². The zero-order valence-electron chi connectivity index (χ0n) is 16.5. The van der Waals surface area contributed by atoms with Crippen LogP contribution >= 0.6 is 11.8 Å². The van der Waals surface area contributed by atoms with Gasteiger partial charge in [0.25, 0.3) is 5.91 Å². The molecule has 1 heterocycles. The van der Waals surface area contributed by atoms with Crippen molar-refractivity contribution < 1.29 is 9.90 Å². The summed E-state index contributed by atoms with van der Waals surface area (Å²) in [5, 5.41) is 13.7. The number of phenolic OH excluding ortho intramolecular Hbond substituents is 1. The normalized spacial score (nSPS) is 15.8. The van der Waals surface area contributed by atoms with Gasteiger partial charge in [-0.05, 0) is 55.4 Å². The van der Waals surface area contributed by atoms with Crippen LogP contribution < -0.4 is 5.32 Å². The molecular weight excluding hydrogens is 356 g/mol. The van der Waals surface area contributed by atoms with Crippen molar-refractivity contribution >= 4 is 29.4 Å². The maximum Gasteiger partial charge on any atom is 0.262 e. The lowest BCUT2D eigenvalue weighted by Gasteiger charge is -2.24. The zero-order valence-corrected chi connectivity index (χ0v) is 17.3. The Morgan fingerprint density at radius 3 is 2.56 bits per heavy atom. The van der Waals surface area contributed by atoms with E-state index in [0.29, 0.717) is 17.2 Å². The molecule has 2 aromatic carbocycles. The fourth-order valence-electron chi connectivity index (χ4n) is 3.09. The predicted octanol–water partition coefficient (Wildman–Crippen LogP) is 4.84. The van der Waals surface area contributed by atoms with Crippen LogP contribution in [0.2, 0.25) is 0 Å². The lowest BCUT2D eigenvalue weighted by atomic mass is 9.84. The van der Waals surface area contributed by atoms with Gasteiger partial charge in [0.1, 0.15) is 5.75 Å². The van der Waals surface area contributed by atoms with Crippen LogP contribution in [0.15, 0.2) is 46.2 Å². The minimum absolute atomic E-state index is 0.0988. The molecule has 3 rings (SSSR count). The molecule has 0 saturated carbocycles. The van der Waals surface area contributed by atoms with Gasteiger partial charge in [0, 0.05) is 22.6 Å². The highest BCUT2D eigenvalue weighted by atomic mass is 32.2. The number of nitrogens with zero attached hydrogens (tertiary/aromatic N) is 1. The zero-order chi connectivity index (χ0) is 19.8. The number of aromatic hydroxyl groups is 1. The minimum Gasteiger partial charge on any atom is -0.507 e. The smallest absolute Gasteiger partial charge is 0.262 e. The number of anilines is 1. The number of hydrogen-bond acceptors (Lipinski definition) is 4. The van der Waals surface area contributed by atoms with Gasteiger partial charge in [-0.25, -0.2) is 0 Å². The fraction of sp³-hybridized carbons (Fsp3) is 0.318. The van der Waals surface area contributed by atoms with Crippen molar-refractivity contribution in [1.29, 1.82) is 0 Å². The Hall–Kier alpha value is -2.24. The van der Waals surface area contributed by atoms with Crippen LogP contribution in [-0.4, -0.2) is 30.0 Å². The Balaban J connectivity index is 2.06. The Bertz CT molecular complexity index is 911. The van der Waals surface area contributed by atoms with Gasteiger partial charge in [0.2, 0.25) is 0 Å². The van der Waals surface area contributed by atoms with Crippen LogP contribution in [0.3, 0.4) is 0 Å². The molecule has 0 aliphatic carbocycles. The van der Waals surface area contributed by atoms with Gasteiger partial charge in [0.15, 0.2) is 0 Å². The standard InChI is InChI=1S/C22H26N2O2S/c1-22(2,3)16-11-14(10-15(20(16)25)13-24(4)5)12-19-21(26)23-17-8-6-7-9-18(17)27-19/h6-12,25H,13H2,1-5H3,(H,23,26). The summed E-state index contributed by atoms with van der Waals surface area (Å²) in [4.78, 5) is 16.2. The second-order valence-electron chi connectivity index (χ2n) is 8.12. The summed E-state index contributed by atoms with van der Waals surface area (Å²) in [6.07, 6.45) is 1.91. The van der Waals surface area contributed by atoms with Crippen LogP contribution in [0.1, 0.15) is 37.5 Å². The van der Waals surface area contributed by atoms with Gasteiger partial charge in [0.05, 0.1) is 10.6 Å². The number of rotatable bonds is 3. The molecular formula is C22H26N2O2S. The molecule has 142 valence electrons.